The van der Waals surface area contributed by atoms with Crippen LogP contribution in [0.4, 0.5) is 5.82 Å². The first-order valence-corrected chi connectivity index (χ1v) is 10.2. The highest BCUT2D eigenvalue weighted by atomic mass is 16.5. The Kier molecular flexibility index (Phi) is 5.07. The van der Waals surface area contributed by atoms with Crippen LogP contribution in [0.5, 0.6) is 5.75 Å². The Hall–Kier alpha value is -3.38. The molecule has 1 fully saturated rings. The van der Waals surface area contributed by atoms with E-state index in [1.165, 1.54) is 0 Å². The van der Waals surface area contributed by atoms with Crippen molar-refractivity contribution in [2.75, 3.05) is 25.6 Å². The number of fused-ring (bicyclic) bond motifs is 1. The highest BCUT2D eigenvalue weighted by Gasteiger charge is 2.20. The van der Waals surface area contributed by atoms with Crippen LogP contribution in [0.3, 0.4) is 0 Å². The van der Waals surface area contributed by atoms with Crippen LogP contribution in [0, 0.1) is 0 Å². The minimum absolute atomic E-state index is 0.235. The Bertz CT molecular complexity index is 1130. The van der Waals surface area contributed by atoms with Crippen molar-refractivity contribution < 1.29 is 9.47 Å². The summed E-state index contributed by atoms with van der Waals surface area (Å²) in [6.45, 7) is 1.59. The third-order valence-corrected chi connectivity index (χ3v) is 5.54. The van der Waals surface area contributed by atoms with Gasteiger partial charge in [-0.2, -0.15) is 0 Å². The summed E-state index contributed by atoms with van der Waals surface area (Å²) in [6, 6.07) is 18.4. The molecule has 1 atom stereocenters. The molecular weight excluding hydrogens is 376 g/mol. The van der Waals surface area contributed by atoms with Crippen molar-refractivity contribution >= 4 is 16.9 Å². The standard InChI is InChI=1S/C24H24N4O2/c1-29-19-11-9-18(10-12-19)28-15-21(17-6-3-2-4-7-17)22-23(26-16-27-24(22)28)25-14-20-8-5-13-30-20/h2-4,6-7,9-12,15-16,20H,5,8,13-14H2,1H3,(H,25,26,27)/t20-/m0/s1. The zero-order chi connectivity index (χ0) is 20.3. The summed E-state index contributed by atoms with van der Waals surface area (Å²) < 4.78 is 13.2. The van der Waals surface area contributed by atoms with Crippen LogP contribution < -0.4 is 10.1 Å². The monoisotopic (exact) mass is 400 g/mol. The molecule has 2 aromatic heterocycles. The van der Waals surface area contributed by atoms with Gasteiger partial charge in [-0.3, -0.25) is 0 Å². The van der Waals surface area contributed by atoms with Gasteiger partial charge in [-0.1, -0.05) is 30.3 Å². The normalized spacial score (nSPS) is 16.1. The molecule has 0 spiro atoms. The van der Waals surface area contributed by atoms with E-state index in [2.05, 4.69) is 50.3 Å². The van der Waals surface area contributed by atoms with Crippen molar-refractivity contribution in [3.63, 3.8) is 0 Å². The summed E-state index contributed by atoms with van der Waals surface area (Å²) in [5.74, 6) is 1.66. The largest absolute Gasteiger partial charge is 0.497 e. The molecule has 0 radical (unpaired) electrons. The number of benzene rings is 2. The minimum atomic E-state index is 0.235. The van der Waals surface area contributed by atoms with E-state index in [1.807, 2.05) is 30.3 Å². The van der Waals surface area contributed by atoms with E-state index in [0.717, 1.165) is 65.4 Å². The summed E-state index contributed by atoms with van der Waals surface area (Å²) in [5, 5.41) is 4.52. The molecule has 2 aromatic carbocycles. The fourth-order valence-electron chi connectivity index (χ4n) is 3.99. The first-order chi connectivity index (χ1) is 14.8. The van der Waals surface area contributed by atoms with Crippen molar-refractivity contribution in [2.24, 2.45) is 0 Å². The van der Waals surface area contributed by atoms with E-state index in [0.29, 0.717) is 0 Å². The zero-order valence-electron chi connectivity index (χ0n) is 16.9. The number of nitrogens with zero attached hydrogens (tertiary/aromatic N) is 3. The second-order valence-corrected chi connectivity index (χ2v) is 7.41. The Morgan fingerprint density at radius 1 is 1.10 bits per heavy atom. The topological polar surface area (TPSA) is 61.2 Å². The minimum Gasteiger partial charge on any atom is -0.497 e. The van der Waals surface area contributed by atoms with Gasteiger partial charge >= 0.3 is 0 Å². The van der Waals surface area contributed by atoms with Crippen molar-refractivity contribution in [1.82, 2.24) is 14.5 Å². The maximum absolute atomic E-state index is 5.78. The highest BCUT2D eigenvalue weighted by molar-refractivity contribution is 6.02. The number of aromatic nitrogens is 3. The van der Waals surface area contributed by atoms with Gasteiger partial charge in [0.25, 0.3) is 0 Å². The summed E-state index contributed by atoms with van der Waals surface area (Å²) in [4.78, 5) is 9.21. The maximum Gasteiger partial charge on any atom is 0.150 e. The number of hydrogen-bond acceptors (Lipinski definition) is 5. The lowest BCUT2D eigenvalue weighted by molar-refractivity contribution is 0.120. The third-order valence-electron chi connectivity index (χ3n) is 5.54. The number of methoxy groups -OCH3 is 1. The molecular formula is C24H24N4O2. The molecule has 0 unspecified atom stereocenters. The van der Waals surface area contributed by atoms with Crippen LogP contribution >= 0.6 is 0 Å². The molecule has 5 rings (SSSR count). The zero-order valence-corrected chi connectivity index (χ0v) is 16.9. The number of hydrogen-bond donors (Lipinski definition) is 1. The van der Waals surface area contributed by atoms with Gasteiger partial charge in [0.05, 0.1) is 18.6 Å². The van der Waals surface area contributed by atoms with Gasteiger partial charge in [-0.15, -0.1) is 0 Å². The van der Waals surface area contributed by atoms with Crippen LogP contribution in [-0.4, -0.2) is 40.9 Å². The van der Waals surface area contributed by atoms with Crippen molar-refractivity contribution in [3.05, 3.63) is 67.1 Å². The molecule has 1 N–H and O–H groups in total. The molecule has 30 heavy (non-hydrogen) atoms. The fraction of sp³-hybridized carbons (Fsp3) is 0.250. The lowest BCUT2D eigenvalue weighted by atomic mass is 10.1. The van der Waals surface area contributed by atoms with Gasteiger partial charge < -0.3 is 19.4 Å². The molecule has 152 valence electrons. The van der Waals surface area contributed by atoms with Crippen LogP contribution in [0.1, 0.15) is 12.8 Å². The first-order valence-electron chi connectivity index (χ1n) is 10.2. The van der Waals surface area contributed by atoms with E-state index < -0.39 is 0 Å². The van der Waals surface area contributed by atoms with Gasteiger partial charge in [-0.25, -0.2) is 9.97 Å². The molecule has 1 aliphatic rings. The molecule has 0 bridgehead atoms. The summed E-state index contributed by atoms with van der Waals surface area (Å²) in [6.07, 6.45) is 6.19. The second kappa shape index (κ2) is 8.16. The maximum atomic E-state index is 5.78. The molecule has 1 saturated heterocycles. The Morgan fingerprint density at radius 3 is 2.67 bits per heavy atom. The van der Waals surface area contributed by atoms with Crippen LogP contribution in [-0.2, 0) is 4.74 Å². The Morgan fingerprint density at radius 2 is 1.93 bits per heavy atom. The van der Waals surface area contributed by atoms with E-state index in [9.17, 15) is 0 Å². The van der Waals surface area contributed by atoms with E-state index in [1.54, 1.807) is 13.4 Å². The van der Waals surface area contributed by atoms with Crippen LogP contribution in [0.25, 0.3) is 27.8 Å². The lowest BCUT2D eigenvalue weighted by Crippen LogP contribution is -2.19. The fourth-order valence-corrected chi connectivity index (χ4v) is 3.99. The molecule has 0 amide bonds. The highest BCUT2D eigenvalue weighted by Crippen LogP contribution is 2.35. The van der Waals surface area contributed by atoms with E-state index >= 15 is 0 Å². The molecule has 6 nitrogen and oxygen atoms in total. The van der Waals surface area contributed by atoms with Gasteiger partial charge in [0.1, 0.15) is 17.9 Å². The van der Waals surface area contributed by atoms with E-state index in [4.69, 9.17) is 9.47 Å². The summed E-state index contributed by atoms with van der Waals surface area (Å²) >= 11 is 0. The van der Waals surface area contributed by atoms with Crippen molar-refractivity contribution in [2.45, 2.75) is 18.9 Å². The molecule has 0 saturated carbocycles. The van der Waals surface area contributed by atoms with Crippen LogP contribution in [0.2, 0.25) is 0 Å². The van der Waals surface area contributed by atoms with Crippen LogP contribution in [0.15, 0.2) is 67.1 Å². The van der Waals surface area contributed by atoms with E-state index in [-0.39, 0.29) is 6.10 Å². The number of anilines is 1. The van der Waals surface area contributed by atoms with Gasteiger partial charge in [-0.05, 0) is 42.7 Å². The SMILES string of the molecule is COc1ccc(-n2cc(-c3ccccc3)c3c(NC[C@@H]4CCCO4)ncnc32)cc1. The average molecular weight is 400 g/mol. The second-order valence-electron chi connectivity index (χ2n) is 7.41. The van der Waals surface area contributed by atoms with Crippen molar-refractivity contribution in [1.29, 1.82) is 0 Å². The molecule has 3 heterocycles. The van der Waals surface area contributed by atoms with Gasteiger partial charge in [0.2, 0.25) is 0 Å². The summed E-state index contributed by atoms with van der Waals surface area (Å²) in [7, 11) is 1.67. The number of nitrogens with one attached hydrogen (secondary N) is 1. The first kappa shape index (κ1) is 18.6. The Labute approximate surface area is 175 Å². The predicted octanol–water partition coefficient (Wildman–Crippen LogP) is 4.69. The predicted molar refractivity (Wildman–Crippen MR) is 118 cm³/mol. The molecule has 1 aliphatic heterocycles. The van der Waals surface area contributed by atoms with Gasteiger partial charge in [0.15, 0.2) is 5.65 Å². The molecule has 4 aromatic rings. The molecule has 6 heteroatoms. The van der Waals surface area contributed by atoms with Crippen molar-refractivity contribution in [3.8, 4) is 22.6 Å². The average Bonchev–Trinajstić information content (AvgIpc) is 3.47. The lowest BCUT2D eigenvalue weighted by Gasteiger charge is -2.12. The molecule has 0 aliphatic carbocycles. The quantitative estimate of drug-likeness (QED) is 0.509. The number of ether oxygens (including phenoxy) is 2. The third kappa shape index (κ3) is 3.50. The smallest absolute Gasteiger partial charge is 0.150 e. The number of rotatable bonds is 6. The Balaban J connectivity index is 1.63. The summed E-state index contributed by atoms with van der Waals surface area (Å²) in [5.41, 5.74) is 4.11. The van der Waals surface area contributed by atoms with Gasteiger partial charge in [0, 0.05) is 30.6 Å².